The highest BCUT2D eigenvalue weighted by Gasteiger charge is 2.18. The second kappa shape index (κ2) is 6.39. The molecule has 0 unspecified atom stereocenters. The number of benzene rings is 1. The van der Waals surface area contributed by atoms with E-state index in [4.69, 9.17) is 4.74 Å². The number of ether oxygens (including phenoxy) is 1. The van der Waals surface area contributed by atoms with Gasteiger partial charge in [-0.25, -0.2) is 4.98 Å². The Morgan fingerprint density at radius 3 is 2.38 bits per heavy atom. The monoisotopic (exact) mass is 303 g/mol. The largest absolute Gasteiger partial charge is 0.497 e. The summed E-state index contributed by atoms with van der Waals surface area (Å²) in [6, 6.07) is 7.62. The number of carbonyl (C=O) groups excluding carboxylic acids is 1. The van der Waals surface area contributed by atoms with Crippen LogP contribution < -0.4 is 4.74 Å². The number of ketones is 1. The number of thiazole rings is 1. The molecule has 0 aliphatic rings. The first-order valence-electron chi connectivity index (χ1n) is 6.98. The van der Waals surface area contributed by atoms with Gasteiger partial charge in [-0.15, -0.1) is 11.3 Å². The van der Waals surface area contributed by atoms with Crippen molar-refractivity contribution in [2.24, 2.45) is 0 Å². The summed E-state index contributed by atoms with van der Waals surface area (Å²) in [6.07, 6.45) is 0.848. The third kappa shape index (κ3) is 4.39. The molecule has 2 rings (SSSR count). The molecule has 21 heavy (non-hydrogen) atoms. The lowest BCUT2D eigenvalue weighted by atomic mass is 9.93. The van der Waals surface area contributed by atoms with Crippen LogP contribution in [-0.4, -0.2) is 17.9 Å². The molecule has 3 nitrogen and oxygen atoms in total. The molecule has 0 aliphatic heterocycles. The Morgan fingerprint density at radius 2 is 1.86 bits per heavy atom. The molecule has 0 bridgehead atoms. The van der Waals surface area contributed by atoms with Crippen molar-refractivity contribution in [3.05, 3.63) is 45.9 Å². The number of hydrogen-bond donors (Lipinski definition) is 0. The highest BCUT2D eigenvalue weighted by molar-refractivity contribution is 7.09. The topological polar surface area (TPSA) is 39.2 Å². The van der Waals surface area contributed by atoms with Crippen molar-refractivity contribution in [1.29, 1.82) is 0 Å². The van der Waals surface area contributed by atoms with Crippen molar-refractivity contribution in [3.8, 4) is 5.75 Å². The van der Waals surface area contributed by atoms with Crippen LogP contribution in [0.25, 0.3) is 0 Å². The number of Topliss-reactive ketones (excluding diaryl/α,β-unsaturated/α-hetero) is 1. The Hall–Kier alpha value is -1.68. The van der Waals surface area contributed by atoms with Crippen molar-refractivity contribution in [3.63, 3.8) is 0 Å². The van der Waals surface area contributed by atoms with Crippen LogP contribution in [0.5, 0.6) is 5.75 Å². The molecule has 0 N–H and O–H groups in total. The van der Waals surface area contributed by atoms with Crippen molar-refractivity contribution in [2.45, 2.75) is 39.0 Å². The third-order valence-electron chi connectivity index (χ3n) is 3.23. The molecule has 1 aromatic carbocycles. The van der Waals surface area contributed by atoms with Crippen LogP contribution in [0.15, 0.2) is 29.6 Å². The average Bonchev–Trinajstić information content (AvgIpc) is 2.88. The summed E-state index contributed by atoms with van der Waals surface area (Å²) in [4.78, 5) is 16.7. The van der Waals surface area contributed by atoms with Crippen LogP contribution in [0, 0.1) is 0 Å². The Labute approximate surface area is 130 Å². The lowest BCUT2D eigenvalue weighted by molar-refractivity contribution is -0.117. The summed E-state index contributed by atoms with van der Waals surface area (Å²) in [5.74, 6) is 0.996. The van der Waals surface area contributed by atoms with E-state index in [-0.39, 0.29) is 11.2 Å². The fourth-order valence-corrected chi connectivity index (χ4v) is 2.99. The number of methoxy groups -OCH3 is 1. The van der Waals surface area contributed by atoms with E-state index < -0.39 is 0 Å². The summed E-state index contributed by atoms with van der Waals surface area (Å²) in [5, 5.41) is 2.95. The van der Waals surface area contributed by atoms with Crippen molar-refractivity contribution < 1.29 is 9.53 Å². The SMILES string of the molecule is COc1ccc(CC(=O)Cc2nc(C(C)(C)C)cs2)cc1. The lowest BCUT2D eigenvalue weighted by Crippen LogP contribution is -2.12. The van der Waals surface area contributed by atoms with Crippen molar-refractivity contribution in [1.82, 2.24) is 4.98 Å². The molecule has 0 spiro atoms. The molecular formula is C17H21NO2S. The van der Waals surface area contributed by atoms with Crippen molar-refractivity contribution >= 4 is 17.1 Å². The van der Waals surface area contributed by atoms with Crippen LogP contribution in [0.4, 0.5) is 0 Å². The van der Waals surface area contributed by atoms with E-state index in [0.717, 1.165) is 22.0 Å². The molecule has 4 heteroatoms. The van der Waals surface area contributed by atoms with Gasteiger partial charge in [-0.3, -0.25) is 4.79 Å². The molecule has 0 radical (unpaired) electrons. The molecule has 2 aromatic rings. The molecule has 0 atom stereocenters. The number of aromatic nitrogens is 1. The minimum atomic E-state index is 0.0355. The summed E-state index contributed by atoms with van der Waals surface area (Å²) in [5.41, 5.74) is 2.10. The molecule has 112 valence electrons. The van der Waals surface area contributed by atoms with Gasteiger partial charge in [0.25, 0.3) is 0 Å². The number of carbonyl (C=O) groups is 1. The first-order chi connectivity index (χ1) is 9.88. The van der Waals surface area contributed by atoms with E-state index in [9.17, 15) is 4.79 Å². The van der Waals surface area contributed by atoms with Gasteiger partial charge in [-0.2, -0.15) is 0 Å². The van der Waals surface area contributed by atoms with Crippen LogP contribution >= 0.6 is 11.3 Å². The molecule has 0 saturated carbocycles. The fourth-order valence-electron chi connectivity index (χ4n) is 1.94. The predicted octanol–water partition coefficient (Wildman–Crippen LogP) is 3.80. The first kappa shape index (κ1) is 15.7. The molecule has 1 aromatic heterocycles. The Bertz CT molecular complexity index is 608. The number of nitrogens with zero attached hydrogens (tertiary/aromatic N) is 1. The Morgan fingerprint density at radius 1 is 1.19 bits per heavy atom. The van der Waals surface area contributed by atoms with Gasteiger partial charge in [0, 0.05) is 17.2 Å². The zero-order valence-corrected chi connectivity index (χ0v) is 13.8. The molecule has 1 heterocycles. The number of hydrogen-bond acceptors (Lipinski definition) is 4. The molecule has 0 amide bonds. The normalized spacial score (nSPS) is 11.4. The smallest absolute Gasteiger partial charge is 0.144 e. The maximum atomic E-state index is 12.1. The van der Waals surface area contributed by atoms with Crippen molar-refractivity contribution in [2.75, 3.05) is 7.11 Å². The summed E-state index contributed by atoms with van der Waals surface area (Å²) in [6.45, 7) is 6.39. The van der Waals surface area contributed by atoms with E-state index in [1.807, 2.05) is 24.3 Å². The van der Waals surface area contributed by atoms with Gasteiger partial charge in [0.05, 0.1) is 19.2 Å². The van der Waals surface area contributed by atoms with E-state index in [1.54, 1.807) is 18.4 Å². The van der Waals surface area contributed by atoms with Gasteiger partial charge >= 0.3 is 0 Å². The van der Waals surface area contributed by atoms with E-state index in [0.29, 0.717) is 12.8 Å². The standard InChI is InChI=1S/C17H21NO2S/c1-17(2,3)15-11-21-16(18-15)10-13(19)9-12-5-7-14(20-4)8-6-12/h5-8,11H,9-10H2,1-4H3. The summed E-state index contributed by atoms with van der Waals surface area (Å²) >= 11 is 1.57. The minimum Gasteiger partial charge on any atom is -0.497 e. The van der Waals surface area contributed by atoms with Gasteiger partial charge in [0.15, 0.2) is 0 Å². The maximum absolute atomic E-state index is 12.1. The molecule has 0 aliphatic carbocycles. The van der Waals surface area contributed by atoms with Crippen LogP contribution in [0.2, 0.25) is 0 Å². The minimum absolute atomic E-state index is 0.0355. The zero-order chi connectivity index (χ0) is 15.5. The fraction of sp³-hybridized carbons (Fsp3) is 0.412. The van der Waals surface area contributed by atoms with Crippen LogP contribution in [0.1, 0.15) is 37.0 Å². The van der Waals surface area contributed by atoms with Gasteiger partial charge < -0.3 is 4.74 Å². The average molecular weight is 303 g/mol. The van der Waals surface area contributed by atoms with Crippen LogP contribution in [0.3, 0.4) is 0 Å². The van der Waals surface area contributed by atoms with Gasteiger partial charge in [-0.05, 0) is 17.7 Å². The summed E-state index contributed by atoms with van der Waals surface area (Å²) < 4.78 is 5.11. The molecule has 0 saturated heterocycles. The first-order valence-corrected chi connectivity index (χ1v) is 7.86. The second-order valence-electron chi connectivity index (χ2n) is 6.12. The van der Waals surface area contributed by atoms with Crippen LogP contribution in [-0.2, 0) is 23.1 Å². The quantitative estimate of drug-likeness (QED) is 0.843. The highest BCUT2D eigenvalue weighted by atomic mass is 32.1. The second-order valence-corrected chi connectivity index (χ2v) is 7.06. The van der Waals surface area contributed by atoms with Gasteiger partial charge in [0.2, 0.25) is 0 Å². The molecule has 0 fully saturated rings. The van der Waals surface area contributed by atoms with Gasteiger partial charge in [-0.1, -0.05) is 32.9 Å². The van der Waals surface area contributed by atoms with E-state index in [1.165, 1.54) is 0 Å². The summed E-state index contributed by atoms with van der Waals surface area (Å²) in [7, 11) is 1.63. The lowest BCUT2D eigenvalue weighted by Gasteiger charge is -2.14. The zero-order valence-electron chi connectivity index (χ0n) is 13.0. The maximum Gasteiger partial charge on any atom is 0.144 e. The Kier molecular flexibility index (Phi) is 4.78. The highest BCUT2D eigenvalue weighted by Crippen LogP contribution is 2.24. The predicted molar refractivity (Wildman–Crippen MR) is 86.2 cm³/mol. The molecular weight excluding hydrogens is 282 g/mol. The van der Waals surface area contributed by atoms with Gasteiger partial charge in [0.1, 0.15) is 16.5 Å². The number of rotatable bonds is 5. The third-order valence-corrected chi connectivity index (χ3v) is 4.08. The van der Waals surface area contributed by atoms with E-state index in [2.05, 4.69) is 31.1 Å². The van der Waals surface area contributed by atoms with E-state index >= 15 is 0 Å². The Balaban J connectivity index is 1.96.